The minimum absolute atomic E-state index is 0.258. The molecule has 0 spiro atoms. The van der Waals surface area contributed by atoms with E-state index in [1.807, 2.05) is 18.2 Å². The summed E-state index contributed by atoms with van der Waals surface area (Å²) in [7, 11) is 0. The summed E-state index contributed by atoms with van der Waals surface area (Å²) in [5, 5.41) is 9.87. The molecule has 0 heterocycles. The molecule has 1 atom stereocenters. The molecule has 0 unspecified atom stereocenters. The van der Waals surface area contributed by atoms with Gasteiger partial charge in [-0.2, -0.15) is 0 Å². The Bertz CT molecular complexity index is 286. The van der Waals surface area contributed by atoms with E-state index in [9.17, 15) is 0 Å². The maximum Gasteiger partial charge on any atom is 0.0515 e. The van der Waals surface area contributed by atoms with Crippen LogP contribution in [0.25, 0.3) is 0 Å². The van der Waals surface area contributed by atoms with Crippen LogP contribution in [0.4, 0.5) is 0 Å². The average Bonchev–Trinajstić information content (AvgIpc) is 2.06. The number of aliphatic hydroxyl groups excluding tert-OH is 1. The lowest BCUT2D eigenvalue weighted by molar-refractivity contribution is 0.185. The average molecular weight is 264 g/mol. The topological polar surface area (TPSA) is 20.2 Å². The van der Waals surface area contributed by atoms with E-state index in [2.05, 4.69) is 15.9 Å². The van der Waals surface area contributed by atoms with Crippen LogP contribution < -0.4 is 0 Å². The number of halogens is 2. The maximum absolute atomic E-state index is 9.13. The molecule has 0 bridgehead atoms. The first-order valence-corrected chi connectivity index (χ1v) is 5.38. The fourth-order valence-electron chi connectivity index (χ4n) is 1.10. The lowest BCUT2D eigenvalue weighted by atomic mass is 10.1. The monoisotopic (exact) mass is 262 g/mol. The minimum Gasteiger partial charge on any atom is -0.393 e. The second kappa shape index (κ2) is 4.99. The predicted molar refractivity (Wildman–Crippen MR) is 59.2 cm³/mol. The van der Waals surface area contributed by atoms with Gasteiger partial charge in [0.2, 0.25) is 0 Å². The van der Waals surface area contributed by atoms with E-state index in [1.165, 1.54) is 0 Å². The van der Waals surface area contributed by atoms with E-state index in [0.29, 0.717) is 0 Å². The van der Waals surface area contributed by atoms with Crippen molar-refractivity contribution in [3.05, 3.63) is 33.3 Å². The highest BCUT2D eigenvalue weighted by atomic mass is 79.9. The molecule has 0 aliphatic rings. The van der Waals surface area contributed by atoms with Gasteiger partial charge in [0.05, 0.1) is 6.10 Å². The largest absolute Gasteiger partial charge is 0.393 e. The molecular weight excluding hydrogens is 251 g/mol. The lowest BCUT2D eigenvalue weighted by Crippen LogP contribution is -2.01. The number of benzene rings is 1. The van der Waals surface area contributed by atoms with Gasteiger partial charge in [0, 0.05) is 9.50 Å². The molecule has 13 heavy (non-hydrogen) atoms. The fraction of sp³-hybridized carbons (Fsp3) is 0.400. The molecular formula is C10H12BrClO. The van der Waals surface area contributed by atoms with Crippen molar-refractivity contribution in [2.45, 2.75) is 25.9 Å². The lowest BCUT2D eigenvalue weighted by Gasteiger charge is -2.06. The van der Waals surface area contributed by atoms with E-state index in [4.69, 9.17) is 16.7 Å². The zero-order chi connectivity index (χ0) is 9.84. The van der Waals surface area contributed by atoms with Crippen LogP contribution in [0.5, 0.6) is 0 Å². The van der Waals surface area contributed by atoms with Crippen molar-refractivity contribution >= 4 is 27.5 Å². The summed E-state index contributed by atoms with van der Waals surface area (Å²) in [6.45, 7) is 1.79. The maximum atomic E-state index is 9.13. The zero-order valence-corrected chi connectivity index (χ0v) is 9.77. The Hall–Kier alpha value is -0.0500. The second-order valence-electron chi connectivity index (χ2n) is 3.12. The van der Waals surface area contributed by atoms with Gasteiger partial charge in [0.25, 0.3) is 0 Å². The molecule has 1 aromatic carbocycles. The Morgan fingerprint density at radius 1 is 1.54 bits per heavy atom. The Morgan fingerprint density at radius 3 is 2.85 bits per heavy atom. The van der Waals surface area contributed by atoms with Crippen molar-refractivity contribution in [3.63, 3.8) is 0 Å². The zero-order valence-electron chi connectivity index (χ0n) is 7.43. The van der Waals surface area contributed by atoms with Crippen LogP contribution in [0, 0.1) is 0 Å². The quantitative estimate of drug-likeness (QED) is 0.886. The summed E-state index contributed by atoms with van der Waals surface area (Å²) in [6.07, 6.45) is 1.35. The van der Waals surface area contributed by atoms with Gasteiger partial charge in [0.15, 0.2) is 0 Å². The molecule has 0 saturated carbocycles. The highest BCUT2D eigenvalue weighted by Crippen LogP contribution is 2.22. The summed E-state index contributed by atoms with van der Waals surface area (Å²) in [5.74, 6) is 0. The Labute approximate surface area is 91.9 Å². The first-order chi connectivity index (χ1) is 6.09. The van der Waals surface area contributed by atoms with Crippen LogP contribution in [0.15, 0.2) is 22.7 Å². The van der Waals surface area contributed by atoms with E-state index in [0.717, 1.165) is 27.9 Å². The van der Waals surface area contributed by atoms with Crippen molar-refractivity contribution in [2.75, 3.05) is 0 Å². The Kier molecular flexibility index (Phi) is 4.23. The van der Waals surface area contributed by atoms with Gasteiger partial charge < -0.3 is 5.11 Å². The SMILES string of the molecule is C[C@@H](O)CCc1cc(Cl)ccc1Br. The van der Waals surface area contributed by atoms with E-state index >= 15 is 0 Å². The molecule has 0 amide bonds. The van der Waals surface area contributed by atoms with Gasteiger partial charge >= 0.3 is 0 Å². The van der Waals surface area contributed by atoms with Crippen molar-refractivity contribution in [3.8, 4) is 0 Å². The Morgan fingerprint density at radius 2 is 2.23 bits per heavy atom. The molecule has 0 radical (unpaired) electrons. The molecule has 3 heteroatoms. The van der Waals surface area contributed by atoms with Gasteiger partial charge in [-0.05, 0) is 43.5 Å². The van der Waals surface area contributed by atoms with Gasteiger partial charge in [0.1, 0.15) is 0 Å². The van der Waals surface area contributed by atoms with E-state index in [-0.39, 0.29) is 6.10 Å². The summed E-state index contributed by atoms with van der Waals surface area (Å²) >= 11 is 9.29. The summed E-state index contributed by atoms with van der Waals surface area (Å²) in [5.41, 5.74) is 1.15. The van der Waals surface area contributed by atoms with Crippen LogP contribution in [-0.4, -0.2) is 11.2 Å². The van der Waals surface area contributed by atoms with Crippen LogP contribution in [0.1, 0.15) is 18.9 Å². The number of aliphatic hydroxyl groups is 1. The molecule has 0 aliphatic carbocycles. The highest BCUT2D eigenvalue weighted by molar-refractivity contribution is 9.10. The van der Waals surface area contributed by atoms with Crippen LogP contribution in [0.3, 0.4) is 0 Å². The normalized spacial score (nSPS) is 12.9. The van der Waals surface area contributed by atoms with Crippen LogP contribution in [0.2, 0.25) is 5.02 Å². The van der Waals surface area contributed by atoms with Crippen LogP contribution >= 0.6 is 27.5 Å². The van der Waals surface area contributed by atoms with Crippen molar-refractivity contribution in [2.24, 2.45) is 0 Å². The van der Waals surface area contributed by atoms with Gasteiger partial charge in [-0.1, -0.05) is 27.5 Å². The molecule has 0 saturated heterocycles. The number of hydrogen-bond acceptors (Lipinski definition) is 1. The van der Waals surface area contributed by atoms with Crippen molar-refractivity contribution in [1.29, 1.82) is 0 Å². The first-order valence-electron chi connectivity index (χ1n) is 4.21. The first kappa shape index (κ1) is 11.0. The molecule has 72 valence electrons. The van der Waals surface area contributed by atoms with Gasteiger partial charge in [-0.3, -0.25) is 0 Å². The fourth-order valence-corrected chi connectivity index (χ4v) is 1.74. The molecule has 0 fully saturated rings. The van der Waals surface area contributed by atoms with Crippen LogP contribution in [-0.2, 0) is 6.42 Å². The molecule has 1 aromatic rings. The third-order valence-corrected chi connectivity index (χ3v) is 2.85. The predicted octanol–water partition coefficient (Wildman–Crippen LogP) is 3.42. The Balaban J connectivity index is 2.70. The van der Waals surface area contributed by atoms with Crippen molar-refractivity contribution < 1.29 is 5.11 Å². The minimum atomic E-state index is -0.258. The summed E-state index contributed by atoms with van der Waals surface area (Å²) in [4.78, 5) is 0. The summed E-state index contributed by atoms with van der Waals surface area (Å²) in [6, 6.07) is 5.70. The standard InChI is InChI=1S/C10H12BrClO/c1-7(13)2-3-8-6-9(12)4-5-10(8)11/h4-7,13H,2-3H2,1H3/t7-/m1/s1. The summed E-state index contributed by atoms with van der Waals surface area (Å²) < 4.78 is 1.05. The third kappa shape index (κ3) is 3.67. The van der Waals surface area contributed by atoms with Gasteiger partial charge in [-0.15, -0.1) is 0 Å². The molecule has 0 aliphatic heterocycles. The van der Waals surface area contributed by atoms with Crippen molar-refractivity contribution in [1.82, 2.24) is 0 Å². The van der Waals surface area contributed by atoms with E-state index in [1.54, 1.807) is 6.92 Å². The molecule has 1 nitrogen and oxygen atoms in total. The number of aryl methyl sites for hydroxylation is 1. The molecule has 1 N–H and O–H groups in total. The van der Waals surface area contributed by atoms with E-state index < -0.39 is 0 Å². The smallest absolute Gasteiger partial charge is 0.0515 e. The number of rotatable bonds is 3. The highest BCUT2D eigenvalue weighted by Gasteiger charge is 2.02. The third-order valence-electron chi connectivity index (χ3n) is 1.84. The molecule has 1 rings (SSSR count). The van der Waals surface area contributed by atoms with Gasteiger partial charge in [-0.25, -0.2) is 0 Å². The number of hydrogen-bond donors (Lipinski definition) is 1. The molecule has 0 aromatic heterocycles. The second-order valence-corrected chi connectivity index (χ2v) is 4.41.